The van der Waals surface area contributed by atoms with Crippen molar-refractivity contribution in [2.24, 2.45) is 0 Å². The molecule has 12 aromatic carbocycles. The number of rotatable bonds is 20. The van der Waals surface area contributed by atoms with Gasteiger partial charge in [-0.3, -0.25) is 38.4 Å². The number of benzene rings is 12. The summed E-state index contributed by atoms with van der Waals surface area (Å²) in [6.45, 7) is 7.49. The fourth-order valence-corrected chi connectivity index (χ4v) is 11.1. The van der Waals surface area contributed by atoms with Crippen molar-refractivity contribution >= 4 is 116 Å². The Hall–Kier alpha value is -15.2. The molecule has 0 aliphatic rings. The van der Waals surface area contributed by atoms with Crippen LogP contribution in [0.15, 0.2) is 267 Å². The molecule has 592 valence electrons. The maximum Gasteiger partial charge on any atom is 0.255 e. The topological polar surface area (TPSA) is 327 Å². The summed E-state index contributed by atoms with van der Waals surface area (Å²) in [6.07, 6.45) is 0. The smallest absolute Gasteiger partial charge is 0.255 e. The van der Waals surface area contributed by atoms with E-state index in [4.69, 9.17) is 0 Å². The van der Waals surface area contributed by atoms with Gasteiger partial charge >= 0.3 is 0 Å². The maximum absolute atomic E-state index is 12.6. The van der Waals surface area contributed by atoms with Crippen LogP contribution in [0, 0.1) is 27.7 Å². The summed E-state index contributed by atoms with van der Waals surface area (Å²) in [5.41, 5.74) is 15.8. The number of aromatic hydroxyl groups is 4. The molecule has 0 saturated carbocycles. The van der Waals surface area contributed by atoms with E-state index in [1.807, 2.05) is 201 Å². The number of carbonyl (C=O) groups is 8. The molecule has 0 aliphatic carbocycles. The minimum absolute atomic E-state index is 0.0979. The molecule has 0 heterocycles. The molecule has 0 aliphatic heterocycles. The first kappa shape index (κ1) is 84.8. The van der Waals surface area contributed by atoms with Gasteiger partial charge in [0, 0.05) is 169 Å². The summed E-state index contributed by atoms with van der Waals surface area (Å²) in [7, 11) is 15.3. The second kappa shape index (κ2) is 39.6. The largest absolute Gasteiger partial charge is 0.508 e. The van der Waals surface area contributed by atoms with Gasteiger partial charge in [0.05, 0.1) is 0 Å². The standard InChI is InChI=1S/4C23H23N3O3/c4*1-15-7-10-18(24-23(29)17-5-4-6-19(13-17)26(2)3)14-21(15)25-22(28)16-8-11-20(27)12-9-16/h4*4-14,27H,1-3H3,(H,24,29)(H,25,28). The Bertz CT molecular complexity index is 4860. The Morgan fingerprint density at radius 3 is 0.552 bits per heavy atom. The third-order valence-electron chi connectivity index (χ3n) is 18.0. The van der Waals surface area contributed by atoms with Gasteiger partial charge in [0.2, 0.25) is 0 Å². The number of hydrogen-bond acceptors (Lipinski definition) is 16. The monoisotopic (exact) mass is 1560 g/mol. The molecule has 24 nitrogen and oxygen atoms in total. The van der Waals surface area contributed by atoms with E-state index in [-0.39, 0.29) is 70.3 Å². The second-order valence-corrected chi connectivity index (χ2v) is 27.7. The lowest BCUT2D eigenvalue weighted by Gasteiger charge is -2.14. The Morgan fingerprint density at radius 1 is 0.207 bits per heavy atom. The SMILES string of the molecule is Cc1ccc(NC(=O)c2cccc(N(C)C)c2)cc1NC(=O)c1ccc(O)cc1.Cc1ccc(NC(=O)c2cccc(N(C)C)c2)cc1NC(=O)c1ccc(O)cc1.Cc1ccc(NC(=O)c2cccc(N(C)C)c2)cc1NC(=O)c1ccc(O)cc1.Cc1ccc(NC(=O)c2cccc(N(C)C)c2)cc1NC(=O)c1ccc(O)cc1. The van der Waals surface area contributed by atoms with Crippen molar-refractivity contribution < 1.29 is 58.8 Å². The quantitative estimate of drug-likeness (QED) is 0.0337. The molecule has 0 atom stereocenters. The third-order valence-corrected chi connectivity index (χ3v) is 18.0. The fraction of sp³-hybridized carbons (Fsp3) is 0.130. The highest BCUT2D eigenvalue weighted by Crippen LogP contribution is 2.29. The molecule has 0 bridgehead atoms. The van der Waals surface area contributed by atoms with Crippen molar-refractivity contribution in [1.82, 2.24) is 0 Å². The van der Waals surface area contributed by atoms with Crippen molar-refractivity contribution in [1.29, 1.82) is 0 Å². The van der Waals surface area contributed by atoms with E-state index in [2.05, 4.69) is 42.5 Å². The number of phenols is 4. The Labute approximate surface area is 673 Å². The molecule has 12 rings (SSSR count). The number of anilines is 12. The van der Waals surface area contributed by atoms with Gasteiger partial charge < -0.3 is 82.6 Å². The average Bonchev–Trinajstić information content (AvgIpc) is 0.844. The van der Waals surface area contributed by atoms with Gasteiger partial charge in [0.15, 0.2) is 0 Å². The van der Waals surface area contributed by atoms with Gasteiger partial charge in [-0.15, -0.1) is 0 Å². The van der Waals surface area contributed by atoms with Crippen LogP contribution in [-0.4, -0.2) is 124 Å². The third kappa shape index (κ3) is 24.4. The lowest BCUT2D eigenvalue weighted by atomic mass is 10.1. The van der Waals surface area contributed by atoms with Crippen molar-refractivity contribution in [2.45, 2.75) is 27.7 Å². The molecule has 0 saturated heterocycles. The number of nitrogens with zero attached hydrogens (tertiary/aromatic N) is 4. The van der Waals surface area contributed by atoms with E-state index in [0.717, 1.165) is 45.0 Å². The normalized spacial score (nSPS) is 10.3. The van der Waals surface area contributed by atoms with Gasteiger partial charge in [-0.05, 0) is 268 Å². The second-order valence-electron chi connectivity index (χ2n) is 27.7. The van der Waals surface area contributed by atoms with Crippen LogP contribution in [0.3, 0.4) is 0 Å². The molecular formula is C92H92N12O12. The van der Waals surface area contributed by atoms with E-state index in [0.29, 0.717) is 90.0 Å². The minimum atomic E-state index is -0.296. The number of amides is 8. The molecule has 0 unspecified atom stereocenters. The molecule has 24 heteroatoms. The van der Waals surface area contributed by atoms with Gasteiger partial charge in [-0.1, -0.05) is 48.5 Å². The van der Waals surface area contributed by atoms with Gasteiger partial charge in [0.1, 0.15) is 23.0 Å². The first-order valence-corrected chi connectivity index (χ1v) is 36.5. The zero-order chi connectivity index (χ0) is 83.9. The van der Waals surface area contributed by atoms with Crippen molar-refractivity contribution in [3.63, 3.8) is 0 Å². The number of nitrogens with one attached hydrogen (secondary N) is 8. The summed E-state index contributed by atoms with van der Waals surface area (Å²) in [6, 6.07) is 74.8. The fourth-order valence-electron chi connectivity index (χ4n) is 11.1. The van der Waals surface area contributed by atoms with Crippen LogP contribution >= 0.6 is 0 Å². The molecule has 12 N–H and O–H groups in total. The van der Waals surface area contributed by atoms with Crippen molar-refractivity contribution in [3.05, 3.63) is 334 Å². The average molecular weight is 1560 g/mol. The molecule has 8 amide bonds. The van der Waals surface area contributed by atoms with E-state index in [9.17, 15) is 58.8 Å². The number of aryl methyl sites for hydroxylation is 4. The van der Waals surface area contributed by atoms with Gasteiger partial charge in [0.25, 0.3) is 47.3 Å². The highest BCUT2D eigenvalue weighted by Gasteiger charge is 2.18. The first-order chi connectivity index (χ1) is 55.3. The van der Waals surface area contributed by atoms with Crippen LogP contribution in [0.5, 0.6) is 23.0 Å². The predicted octanol–water partition coefficient (Wildman–Crippen LogP) is 17.1. The highest BCUT2D eigenvalue weighted by molar-refractivity contribution is 6.11. The Balaban J connectivity index is 0.000000177. The molecular weight excluding hydrogens is 1470 g/mol. The zero-order valence-corrected chi connectivity index (χ0v) is 66.2. The lowest BCUT2D eigenvalue weighted by Crippen LogP contribution is -2.15. The molecule has 0 radical (unpaired) electrons. The first-order valence-electron chi connectivity index (χ1n) is 36.5. The summed E-state index contributed by atoms with van der Waals surface area (Å²) in [4.78, 5) is 108. The lowest BCUT2D eigenvalue weighted by molar-refractivity contribution is 0.101. The van der Waals surface area contributed by atoms with E-state index >= 15 is 0 Å². The molecule has 116 heavy (non-hydrogen) atoms. The van der Waals surface area contributed by atoms with E-state index < -0.39 is 0 Å². The molecule has 0 fully saturated rings. The van der Waals surface area contributed by atoms with E-state index in [1.165, 1.54) is 48.5 Å². The summed E-state index contributed by atoms with van der Waals surface area (Å²) in [5, 5.41) is 60.3. The van der Waals surface area contributed by atoms with Crippen LogP contribution in [0.4, 0.5) is 68.2 Å². The van der Waals surface area contributed by atoms with Gasteiger partial charge in [-0.2, -0.15) is 0 Å². The summed E-state index contributed by atoms with van der Waals surface area (Å²) >= 11 is 0. The Morgan fingerprint density at radius 2 is 0.379 bits per heavy atom. The van der Waals surface area contributed by atoms with Crippen LogP contribution in [0.1, 0.15) is 105 Å². The minimum Gasteiger partial charge on any atom is -0.508 e. The van der Waals surface area contributed by atoms with E-state index in [1.54, 1.807) is 121 Å². The zero-order valence-electron chi connectivity index (χ0n) is 66.2. The van der Waals surface area contributed by atoms with Crippen LogP contribution < -0.4 is 62.1 Å². The van der Waals surface area contributed by atoms with Crippen molar-refractivity contribution in [2.75, 3.05) is 119 Å². The number of hydrogen-bond donors (Lipinski definition) is 12. The number of phenolic OH excluding ortho intramolecular Hbond substituents is 4. The van der Waals surface area contributed by atoms with Crippen LogP contribution in [0.2, 0.25) is 0 Å². The maximum atomic E-state index is 12.6. The Kier molecular flexibility index (Phi) is 29.0. The van der Waals surface area contributed by atoms with Gasteiger partial charge in [-0.25, -0.2) is 0 Å². The van der Waals surface area contributed by atoms with Crippen LogP contribution in [-0.2, 0) is 0 Å². The predicted molar refractivity (Wildman–Crippen MR) is 464 cm³/mol. The summed E-state index contributed by atoms with van der Waals surface area (Å²) < 4.78 is 0. The molecule has 12 aromatic rings. The number of carbonyl (C=O) groups excluding carboxylic acids is 8. The van der Waals surface area contributed by atoms with Crippen LogP contribution in [0.25, 0.3) is 0 Å². The summed E-state index contributed by atoms with van der Waals surface area (Å²) in [5.74, 6) is -1.71. The van der Waals surface area contributed by atoms with Crippen molar-refractivity contribution in [3.8, 4) is 23.0 Å². The molecule has 0 spiro atoms. The molecule has 0 aromatic heterocycles. The highest BCUT2D eigenvalue weighted by atomic mass is 16.3.